The van der Waals surface area contributed by atoms with Crippen LogP contribution in [0.4, 0.5) is 0 Å². The molecule has 0 saturated carbocycles. The molecule has 4 nitrogen and oxygen atoms in total. The van der Waals surface area contributed by atoms with E-state index in [2.05, 4.69) is 10.9 Å². The van der Waals surface area contributed by atoms with Crippen molar-refractivity contribution in [1.82, 2.24) is 10.9 Å². The number of hydrogen-bond acceptors (Lipinski definition) is 3. The van der Waals surface area contributed by atoms with Crippen molar-refractivity contribution >= 4 is 5.91 Å². The fraction of sp³-hybridized carbons (Fsp3) is 0.100. The second kappa shape index (κ2) is 3.51. The van der Waals surface area contributed by atoms with Gasteiger partial charge in [0.15, 0.2) is 0 Å². The average Bonchev–Trinajstić information content (AvgIpc) is 2.67. The normalized spacial score (nSPS) is 20.0. The van der Waals surface area contributed by atoms with Gasteiger partial charge in [-0.05, 0) is 5.56 Å². The minimum atomic E-state index is -0.406. The number of benzene rings is 1. The molecule has 0 radical (unpaired) electrons. The van der Waals surface area contributed by atoms with Gasteiger partial charge in [-0.3, -0.25) is 4.79 Å². The largest absolute Gasteiger partial charge is 0.366 e. The first-order valence-electron chi connectivity index (χ1n) is 4.35. The van der Waals surface area contributed by atoms with Crippen LogP contribution in [0.5, 0.6) is 0 Å². The van der Waals surface area contributed by atoms with Crippen molar-refractivity contribution < 1.29 is 4.79 Å². The molecule has 1 aromatic rings. The highest BCUT2D eigenvalue weighted by Gasteiger charge is 2.23. The first-order valence-corrected chi connectivity index (χ1v) is 4.35. The van der Waals surface area contributed by atoms with E-state index in [1.54, 1.807) is 6.20 Å². The minimum absolute atomic E-state index is 0.145. The van der Waals surface area contributed by atoms with Gasteiger partial charge in [0, 0.05) is 6.20 Å². The Kier molecular flexibility index (Phi) is 2.20. The summed E-state index contributed by atoms with van der Waals surface area (Å²) < 4.78 is 0. The van der Waals surface area contributed by atoms with E-state index in [0.717, 1.165) is 5.56 Å². The summed E-state index contributed by atoms with van der Waals surface area (Å²) in [7, 11) is 0. The maximum atomic E-state index is 11.1. The molecule has 0 bridgehead atoms. The van der Waals surface area contributed by atoms with E-state index in [1.165, 1.54) is 0 Å². The number of hydrazine groups is 1. The van der Waals surface area contributed by atoms with Crippen molar-refractivity contribution in [2.24, 2.45) is 5.73 Å². The van der Waals surface area contributed by atoms with Crippen molar-refractivity contribution in [3.63, 3.8) is 0 Å². The number of primary amides is 1. The third-order valence-corrected chi connectivity index (χ3v) is 2.18. The molecule has 1 heterocycles. The Labute approximate surface area is 81.8 Å². The number of rotatable bonds is 2. The number of nitrogens with two attached hydrogens (primary N) is 1. The van der Waals surface area contributed by atoms with Gasteiger partial charge in [0.25, 0.3) is 0 Å². The standard InChI is InChI=1S/C10H11N3O/c11-10(14)8-6-12-13-9(8)7-4-2-1-3-5-7/h1-6,9,12-13H,(H2,11,14). The lowest BCUT2D eigenvalue weighted by molar-refractivity contribution is -0.114. The predicted octanol–water partition coefficient (Wildman–Crippen LogP) is 0.205. The van der Waals surface area contributed by atoms with Gasteiger partial charge >= 0.3 is 0 Å². The second-order valence-corrected chi connectivity index (χ2v) is 3.10. The number of carbonyl (C=O) groups is 1. The summed E-state index contributed by atoms with van der Waals surface area (Å²) in [6.07, 6.45) is 1.60. The van der Waals surface area contributed by atoms with E-state index in [9.17, 15) is 4.79 Å². The quantitative estimate of drug-likeness (QED) is 0.622. The zero-order valence-corrected chi connectivity index (χ0v) is 7.53. The van der Waals surface area contributed by atoms with E-state index in [1.807, 2.05) is 30.3 Å². The maximum absolute atomic E-state index is 11.1. The smallest absolute Gasteiger partial charge is 0.248 e. The molecule has 0 spiro atoms. The molecule has 0 aromatic heterocycles. The highest BCUT2D eigenvalue weighted by molar-refractivity contribution is 5.93. The van der Waals surface area contributed by atoms with E-state index < -0.39 is 5.91 Å². The Morgan fingerprint density at radius 2 is 2.00 bits per heavy atom. The van der Waals surface area contributed by atoms with Crippen LogP contribution in [0.2, 0.25) is 0 Å². The van der Waals surface area contributed by atoms with Gasteiger partial charge in [0.05, 0.1) is 11.6 Å². The van der Waals surface area contributed by atoms with Crippen LogP contribution in [0.15, 0.2) is 42.1 Å². The average molecular weight is 189 g/mol. The zero-order valence-electron chi connectivity index (χ0n) is 7.53. The molecule has 4 N–H and O–H groups in total. The van der Waals surface area contributed by atoms with Crippen molar-refractivity contribution in [3.05, 3.63) is 47.7 Å². The summed E-state index contributed by atoms with van der Waals surface area (Å²) in [6.45, 7) is 0. The number of hydrogen-bond donors (Lipinski definition) is 3. The molecule has 1 aliphatic rings. The SMILES string of the molecule is NC(=O)C1=CNNC1c1ccccc1. The summed E-state index contributed by atoms with van der Waals surface area (Å²) in [4.78, 5) is 11.1. The van der Waals surface area contributed by atoms with Gasteiger partial charge in [-0.1, -0.05) is 30.3 Å². The Bertz CT molecular complexity index is 372. The summed E-state index contributed by atoms with van der Waals surface area (Å²) >= 11 is 0. The van der Waals surface area contributed by atoms with Crippen LogP contribution in [0, 0.1) is 0 Å². The Morgan fingerprint density at radius 1 is 1.29 bits per heavy atom. The van der Waals surface area contributed by atoms with Crippen molar-refractivity contribution in [2.45, 2.75) is 6.04 Å². The molecule has 1 aromatic carbocycles. The predicted molar refractivity (Wildman–Crippen MR) is 52.7 cm³/mol. The summed E-state index contributed by atoms with van der Waals surface area (Å²) in [5.41, 5.74) is 12.6. The molecule has 72 valence electrons. The Hall–Kier alpha value is -1.81. The second-order valence-electron chi connectivity index (χ2n) is 3.10. The van der Waals surface area contributed by atoms with Crippen LogP contribution in [0.25, 0.3) is 0 Å². The van der Waals surface area contributed by atoms with E-state index >= 15 is 0 Å². The lowest BCUT2D eigenvalue weighted by Crippen LogP contribution is -2.27. The van der Waals surface area contributed by atoms with Crippen molar-refractivity contribution in [3.8, 4) is 0 Å². The molecular weight excluding hydrogens is 178 g/mol. The van der Waals surface area contributed by atoms with E-state index in [-0.39, 0.29) is 6.04 Å². The van der Waals surface area contributed by atoms with E-state index in [0.29, 0.717) is 5.57 Å². The van der Waals surface area contributed by atoms with Crippen LogP contribution in [-0.4, -0.2) is 5.91 Å². The van der Waals surface area contributed by atoms with Crippen molar-refractivity contribution in [2.75, 3.05) is 0 Å². The van der Waals surface area contributed by atoms with Crippen LogP contribution < -0.4 is 16.6 Å². The maximum Gasteiger partial charge on any atom is 0.248 e. The van der Waals surface area contributed by atoms with Gasteiger partial charge in [-0.15, -0.1) is 0 Å². The fourth-order valence-electron chi connectivity index (χ4n) is 1.49. The topological polar surface area (TPSA) is 67.2 Å². The molecule has 14 heavy (non-hydrogen) atoms. The monoisotopic (exact) mass is 189 g/mol. The molecular formula is C10H11N3O. The van der Waals surface area contributed by atoms with Gasteiger partial charge in [-0.2, -0.15) is 0 Å². The first-order chi connectivity index (χ1) is 6.79. The Morgan fingerprint density at radius 3 is 2.64 bits per heavy atom. The fourth-order valence-corrected chi connectivity index (χ4v) is 1.49. The lowest BCUT2D eigenvalue weighted by Gasteiger charge is -2.12. The first kappa shape index (κ1) is 8.77. The minimum Gasteiger partial charge on any atom is -0.366 e. The van der Waals surface area contributed by atoms with Crippen LogP contribution in [0.3, 0.4) is 0 Å². The zero-order chi connectivity index (χ0) is 9.97. The molecule has 2 rings (SSSR count). The molecule has 1 unspecified atom stereocenters. The van der Waals surface area contributed by atoms with Crippen LogP contribution in [0.1, 0.15) is 11.6 Å². The summed E-state index contributed by atoms with van der Waals surface area (Å²) in [5, 5.41) is 0. The van der Waals surface area contributed by atoms with Crippen LogP contribution in [-0.2, 0) is 4.79 Å². The lowest BCUT2D eigenvalue weighted by atomic mass is 10.0. The molecule has 1 amide bonds. The number of nitrogens with one attached hydrogen (secondary N) is 2. The molecule has 4 heteroatoms. The summed E-state index contributed by atoms with van der Waals surface area (Å²) in [5.74, 6) is -0.406. The third kappa shape index (κ3) is 1.47. The van der Waals surface area contributed by atoms with Gasteiger partial charge in [0.1, 0.15) is 0 Å². The number of carbonyl (C=O) groups excluding carboxylic acids is 1. The third-order valence-electron chi connectivity index (χ3n) is 2.18. The molecule has 0 fully saturated rings. The molecule has 0 aliphatic carbocycles. The van der Waals surface area contributed by atoms with Gasteiger partial charge in [-0.25, -0.2) is 5.43 Å². The molecule has 1 aliphatic heterocycles. The van der Waals surface area contributed by atoms with Crippen molar-refractivity contribution in [1.29, 1.82) is 0 Å². The van der Waals surface area contributed by atoms with Gasteiger partial charge in [0.2, 0.25) is 5.91 Å². The highest BCUT2D eigenvalue weighted by atomic mass is 16.1. The van der Waals surface area contributed by atoms with Gasteiger partial charge < -0.3 is 11.2 Å². The highest BCUT2D eigenvalue weighted by Crippen LogP contribution is 2.22. The van der Waals surface area contributed by atoms with Crippen LogP contribution >= 0.6 is 0 Å². The molecule has 0 saturated heterocycles. The van der Waals surface area contributed by atoms with E-state index in [4.69, 9.17) is 5.73 Å². The Balaban J connectivity index is 2.29. The molecule has 1 atom stereocenters. The summed E-state index contributed by atoms with van der Waals surface area (Å²) in [6, 6.07) is 9.53. The number of amides is 1.